The number of alkyl halides is 1. The summed E-state index contributed by atoms with van der Waals surface area (Å²) in [5, 5.41) is 25.6. The third-order valence-electron chi connectivity index (χ3n) is 8.47. The Kier molecular flexibility index (Phi) is 18.1. The van der Waals surface area contributed by atoms with Gasteiger partial charge in [0, 0.05) is 17.5 Å². The van der Waals surface area contributed by atoms with E-state index in [-0.39, 0.29) is 53.3 Å². The molecule has 63 heavy (non-hydrogen) atoms. The lowest BCUT2D eigenvalue weighted by atomic mass is 10.2. The number of carbonyl (C=O) groups excluding carboxylic acids is 2. The van der Waals surface area contributed by atoms with Crippen molar-refractivity contribution in [3.05, 3.63) is 169 Å². The van der Waals surface area contributed by atoms with Gasteiger partial charge in [-0.15, -0.1) is 22.7 Å². The molecular formula is C40H35Br3N4O12S4. The zero-order valence-electron chi connectivity index (χ0n) is 33.3. The van der Waals surface area contributed by atoms with Crippen molar-refractivity contribution in [2.75, 3.05) is 23.2 Å². The number of esters is 2. The van der Waals surface area contributed by atoms with Crippen LogP contribution in [-0.4, -0.2) is 52.8 Å². The molecule has 0 amide bonds. The van der Waals surface area contributed by atoms with E-state index in [1.807, 2.05) is 19.9 Å². The summed E-state index contributed by atoms with van der Waals surface area (Å²) in [6.45, 7) is 3.47. The summed E-state index contributed by atoms with van der Waals surface area (Å²) < 4.78 is 65.1. The Morgan fingerprint density at radius 1 is 0.683 bits per heavy atom. The lowest BCUT2D eigenvalue weighted by molar-refractivity contribution is -0.385. The highest BCUT2D eigenvalue weighted by Gasteiger charge is 2.31. The standard InChI is InChI=1S/C20H17BrN2O6S2.C13H13NO4S2.C7H5Br2NO2/c1-13-6-8-15(9-7-13)31(27,28)22(17-10-11-30-19(17)20(24)29-2)12-14-4-3-5-16(18(14)21)23(25)26;1-9-3-5-10(6-4-9)20(16,17)14-11-7-8-19-12(11)13(15)18-2;8-4-5-2-1-3-6(7(5)9)10(11)12/h3-11H,12H2,1-2H3;3-8,14H,1-2H3;1-3H,4H2. The summed E-state index contributed by atoms with van der Waals surface area (Å²) in [6, 6.07) is 25.1. The Bertz CT molecular complexity index is 2840. The number of sulfonamides is 2. The number of anilines is 2. The van der Waals surface area contributed by atoms with Gasteiger partial charge < -0.3 is 9.47 Å². The van der Waals surface area contributed by atoms with Crippen LogP contribution in [0, 0.1) is 34.1 Å². The number of ether oxygens (including phenoxy) is 2. The number of rotatable bonds is 13. The largest absolute Gasteiger partial charge is 0.465 e. The van der Waals surface area contributed by atoms with E-state index in [4.69, 9.17) is 4.74 Å². The topological polar surface area (TPSA) is 222 Å². The minimum atomic E-state index is -4.11. The van der Waals surface area contributed by atoms with Crippen LogP contribution >= 0.6 is 70.5 Å². The van der Waals surface area contributed by atoms with Gasteiger partial charge in [-0.3, -0.25) is 29.3 Å². The summed E-state index contributed by atoms with van der Waals surface area (Å²) in [4.78, 5) is 45.1. The second-order valence-electron chi connectivity index (χ2n) is 12.7. The molecule has 2 aromatic heterocycles. The number of halogens is 3. The highest BCUT2D eigenvalue weighted by Crippen LogP contribution is 2.36. The van der Waals surface area contributed by atoms with Crippen molar-refractivity contribution in [1.29, 1.82) is 0 Å². The number of benzene rings is 4. The lowest BCUT2D eigenvalue weighted by Crippen LogP contribution is -2.31. The number of nitrogens with zero attached hydrogens (tertiary/aromatic N) is 3. The van der Waals surface area contributed by atoms with Gasteiger partial charge >= 0.3 is 11.9 Å². The van der Waals surface area contributed by atoms with Crippen LogP contribution in [0.1, 0.15) is 41.6 Å². The molecular weight excluding hydrogens is 1100 g/mol. The molecule has 6 rings (SSSR count). The maximum absolute atomic E-state index is 13.6. The van der Waals surface area contributed by atoms with Crippen molar-refractivity contribution in [3.8, 4) is 0 Å². The zero-order valence-corrected chi connectivity index (χ0v) is 41.3. The minimum absolute atomic E-state index is 0.0293. The lowest BCUT2D eigenvalue weighted by Gasteiger charge is -2.25. The Morgan fingerprint density at radius 2 is 1.14 bits per heavy atom. The van der Waals surface area contributed by atoms with Crippen molar-refractivity contribution in [3.63, 3.8) is 0 Å². The second-order valence-corrected chi connectivity index (χ2v) is 20.2. The van der Waals surface area contributed by atoms with Gasteiger partial charge in [-0.05, 0) is 104 Å². The number of aryl methyl sites for hydroxylation is 2. The normalized spacial score (nSPS) is 10.9. The van der Waals surface area contributed by atoms with Crippen LogP contribution in [0.2, 0.25) is 0 Å². The van der Waals surface area contributed by atoms with Crippen LogP contribution in [0.3, 0.4) is 0 Å². The van der Waals surface area contributed by atoms with Crippen molar-refractivity contribution >= 4 is 125 Å². The van der Waals surface area contributed by atoms with Gasteiger partial charge in [0.2, 0.25) is 0 Å². The molecule has 2 heterocycles. The third-order valence-corrected chi connectivity index (χ3v) is 15.8. The fraction of sp³-hybridized carbons (Fsp3) is 0.150. The van der Waals surface area contributed by atoms with E-state index in [1.165, 1.54) is 68.8 Å². The first kappa shape index (κ1) is 50.6. The molecule has 0 fully saturated rings. The summed E-state index contributed by atoms with van der Waals surface area (Å²) in [7, 11) is -5.37. The third kappa shape index (κ3) is 12.8. The van der Waals surface area contributed by atoms with E-state index in [1.54, 1.807) is 47.2 Å². The molecule has 0 radical (unpaired) electrons. The molecule has 332 valence electrons. The predicted molar refractivity (Wildman–Crippen MR) is 252 cm³/mol. The molecule has 0 aliphatic rings. The van der Waals surface area contributed by atoms with Crippen LogP contribution < -0.4 is 9.03 Å². The Labute approximate surface area is 395 Å². The maximum atomic E-state index is 13.6. The molecule has 0 atom stereocenters. The van der Waals surface area contributed by atoms with Crippen LogP contribution in [0.15, 0.2) is 127 Å². The minimum Gasteiger partial charge on any atom is -0.465 e. The summed E-state index contributed by atoms with van der Waals surface area (Å²) in [5.41, 5.74) is 3.37. The van der Waals surface area contributed by atoms with Crippen molar-refractivity contribution in [1.82, 2.24) is 0 Å². The Hall–Kier alpha value is -5.04. The molecule has 0 bridgehead atoms. The highest BCUT2D eigenvalue weighted by molar-refractivity contribution is 9.11. The fourth-order valence-electron chi connectivity index (χ4n) is 5.24. The van der Waals surface area contributed by atoms with E-state index in [0.29, 0.717) is 15.4 Å². The van der Waals surface area contributed by atoms with Crippen LogP contribution in [0.4, 0.5) is 22.7 Å². The number of carbonyl (C=O) groups is 2. The molecule has 0 aliphatic carbocycles. The van der Waals surface area contributed by atoms with Crippen LogP contribution in [-0.2, 0) is 41.4 Å². The van der Waals surface area contributed by atoms with E-state index >= 15 is 0 Å². The average Bonchev–Trinajstić information content (AvgIpc) is 3.93. The van der Waals surface area contributed by atoms with Gasteiger partial charge in [-0.25, -0.2) is 26.4 Å². The molecule has 16 nitrogen and oxygen atoms in total. The number of methoxy groups -OCH3 is 2. The van der Waals surface area contributed by atoms with E-state index in [2.05, 4.69) is 57.2 Å². The summed E-state index contributed by atoms with van der Waals surface area (Å²) in [6.07, 6.45) is 0. The molecule has 4 aromatic carbocycles. The number of hydrogen-bond acceptors (Lipinski definition) is 14. The molecule has 6 aromatic rings. The molecule has 0 saturated heterocycles. The number of nitrogens with one attached hydrogen (secondary N) is 1. The molecule has 0 unspecified atom stereocenters. The SMILES string of the molecule is COC(=O)c1sccc1N(Cc1cccc([N+](=O)[O-])c1Br)S(=O)(=O)c1ccc(C)cc1.COC(=O)c1sccc1NS(=O)(=O)c1ccc(C)cc1.O=[N+]([O-])c1cccc(CBr)c1Br. The molecule has 23 heteroatoms. The molecule has 0 spiro atoms. The first-order valence-electron chi connectivity index (χ1n) is 17.7. The summed E-state index contributed by atoms with van der Waals surface area (Å²) >= 11 is 11.8. The first-order chi connectivity index (χ1) is 29.8. The van der Waals surface area contributed by atoms with Crippen molar-refractivity contribution < 1.29 is 45.7 Å². The van der Waals surface area contributed by atoms with E-state index in [9.17, 15) is 46.7 Å². The second kappa shape index (κ2) is 22.5. The zero-order chi connectivity index (χ0) is 46.6. The monoisotopic (exact) mass is 1130 g/mol. The maximum Gasteiger partial charge on any atom is 0.350 e. The predicted octanol–water partition coefficient (Wildman–Crippen LogP) is 10.8. The Balaban J connectivity index is 0.000000232. The van der Waals surface area contributed by atoms with Gasteiger partial charge in [0.15, 0.2) is 0 Å². The molecule has 0 aliphatic heterocycles. The van der Waals surface area contributed by atoms with Crippen LogP contribution in [0.25, 0.3) is 0 Å². The molecule has 1 N–H and O–H groups in total. The Morgan fingerprint density at radius 3 is 1.65 bits per heavy atom. The van der Waals surface area contributed by atoms with Gasteiger partial charge in [0.25, 0.3) is 31.4 Å². The highest BCUT2D eigenvalue weighted by atomic mass is 79.9. The average molecular weight is 1130 g/mol. The smallest absolute Gasteiger partial charge is 0.350 e. The van der Waals surface area contributed by atoms with Gasteiger partial charge in [0.1, 0.15) is 14.2 Å². The molecule has 0 saturated carbocycles. The quantitative estimate of drug-likeness (QED) is 0.0494. The number of nitro groups is 2. The number of thiophene rings is 2. The van der Waals surface area contributed by atoms with Crippen molar-refractivity contribution in [2.24, 2.45) is 0 Å². The van der Waals surface area contributed by atoms with E-state index in [0.717, 1.165) is 43.7 Å². The number of hydrogen-bond donors (Lipinski definition) is 1. The first-order valence-corrected chi connectivity index (χ1v) is 25.1. The van der Waals surface area contributed by atoms with Gasteiger partial charge in [-0.2, -0.15) is 0 Å². The van der Waals surface area contributed by atoms with Gasteiger partial charge in [-0.1, -0.05) is 75.6 Å². The van der Waals surface area contributed by atoms with Crippen LogP contribution in [0.5, 0.6) is 0 Å². The van der Waals surface area contributed by atoms with Gasteiger partial charge in [0.05, 0.1) is 56.2 Å². The van der Waals surface area contributed by atoms with E-state index < -0.39 is 41.8 Å². The fourth-order valence-corrected chi connectivity index (χ4v) is 11.4. The number of nitro benzene ring substituents is 2. The van der Waals surface area contributed by atoms with Crippen molar-refractivity contribution in [2.45, 2.75) is 35.5 Å². The summed E-state index contributed by atoms with van der Waals surface area (Å²) in [5.74, 6) is -1.24.